The van der Waals surface area contributed by atoms with E-state index in [0.29, 0.717) is 11.4 Å². The lowest BCUT2D eigenvalue weighted by Gasteiger charge is -2.06. The number of carbonyl (C=O) groups excluding carboxylic acids is 2. The maximum atomic E-state index is 11.1. The Bertz CT molecular complexity index is 657. The number of anilines is 1. The van der Waals surface area contributed by atoms with Crippen molar-refractivity contribution in [3.8, 4) is 0 Å². The van der Waals surface area contributed by atoms with E-state index in [1.54, 1.807) is 12.1 Å². The molecule has 21 heavy (non-hydrogen) atoms. The summed E-state index contributed by atoms with van der Waals surface area (Å²) in [5, 5.41) is 2.59. The largest absolute Gasteiger partial charge is 0.453 e. The fourth-order valence-corrected chi connectivity index (χ4v) is 1.85. The Morgan fingerprint density at radius 3 is 2.19 bits per heavy atom. The number of hydrogen-bond donors (Lipinski definition) is 1. The van der Waals surface area contributed by atoms with Crippen LogP contribution in [0.2, 0.25) is 0 Å². The van der Waals surface area contributed by atoms with Gasteiger partial charge in [-0.3, -0.25) is 5.32 Å². The van der Waals surface area contributed by atoms with Gasteiger partial charge in [0.05, 0.1) is 12.8 Å². The lowest BCUT2D eigenvalue weighted by atomic mass is 10.0. The fraction of sp³-hybridized carbons (Fsp3) is 0.125. The number of nitrogens with zero attached hydrogens (tertiary/aromatic N) is 1. The summed E-state index contributed by atoms with van der Waals surface area (Å²) in [6.45, 7) is 0. The fourth-order valence-electron chi connectivity index (χ4n) is 1.85. The first-order valence-corrected chi connectivity index (χ1v) is 6.32. The summed E-state index contributed by atoms with van der Waals surface area (Å²) >= 11 is 0. The van der Waals surface area contributed by atoms with Crippen molar-refractivity contribution in [2.24, 2.45) is 4.99 Å². The maximum absolute atomic E-state index is 11.1. The van der Waals surface area contributed by atoms with Crippen molar-refractivity contribution in [2.75, 3.05) is 12.4 Å². The number of hydrogen-bond acceptors (Lipinski definition) is 4. The number of ether oxygens (including phenoxy) is 1. The van der Waals surface area contributed by atoms with Crippen LogP contribution in [0.4, 0.5) is 16.2 Å². The van der Waals surface area contributed by atoms with E-state index < -0.39 is 6.09 Å². The first kappa shape index (κ1) is 14.5. The highest BCUT2D eigenvalue weighted by molar-refractivity contribution is 5.84. The molecule has 0 unspecified atom stereocenters. The summed E-state index contributed by atoms with van der Waals surface area (Å²) in [6, 6.07) is 14.9. The molecule has 0 aromatic heterocycles. The van der Waals surface area contributed by atoms with Crippen molar-refractivity contribution < 1.29 is 14.3 Å². The van der Waals surface area contributed by atoms with Gasteiger partial charge in [-0.1, -0.05) is 24.3 Å². The Hall–Kier alpha value is -2.91. The van der Waals surface area contributed by atoms with Crippen LogP contribution in [-0.2, 0) is 16.0 Å². The Morgan fingerprint density at radius 1 is 1.10 bits per heavy atom. The van der Waals surface area contributed by atoms with E-state index >= 15 is 0 Å². The van der Waals surface area contributed by atoms with E-state index in [4.69, 9.17) is 0 Å². The number of rotatable bonds is 4. The summed E-state index contributed by atoms with van der Waals surface area (Å²) in [7, 11) is 1.32. The predicted octanol–water partition coefficient (Wildman–Crippen LogP) is 3.42. The topological polar surface area (TPSA) is 67.8 Å². The normalized spacial score (nSPS) is 9.57. The first-order chi connectivity index (χ1) is 10.2. The van der Waals surface area contributed by atoms with Crippen molar-refractivity contribution in [1.29, 1.82) is 0 Å². The molecule has 2 aromatic rings. The molecule has 0 aliphatic heterocycles. The van der Waals surface area contributed by atoms with Crippen molar-refractivity contribution >= 4 is 23.5 Å². The quantitative estimate of drug-likeness (QED) is 0.690. The first-order valence-electron chi connectivity index (χ1n) is 6.32. The SMILES string of the molecule is COC(=O)Nc1ccc(Cc2ccc(N=C=O)cc2)cc1. The zero-order valence-corrected chi connectivity index (χ0v) is 11.5. The van der Waals surface area contributed by atoms with Crippen LogP contribution in [-0.4, -0.2) is 19.3 Å². The molecule has 2 rings (SSSR count). The van der Waals surface area contributed by atoms with Crippen molar-refractivity contribution in [1.82, 2.24) is 0 Å². The van der Waals surface area contributed by atoms with Crippen LogP contribution in [0, 0.1) is 0 Å². The zero-order valence-electron chi connectivity index (χ0n) is 11.5. The third kappa shape index (κ3) is 4.30. The van der Waals surface area contributed by atoms with Gasteiger partial charge in [0.15, 0.2) is 0 Å². The highest BCUT2D eigenvalue weighted by Gasteiger charge is 2.01. The summed E-state index contributed by atoms with van der Waals surface area (Å²) in [4.78, 5) is 24.8. The number of amides is 1. The van der Waals surface area contributed by atoms with Gasteiger partial charge in [-0.05, 0) is 41.8 Å². The number of methoxy groups -OCH3 is 1. The molecule has 0 heterocycles. The Morgan fingerprint density at radius 2 is 1.67 bits per heavy atom. The van der Waals surface area contributed by atoms with Crippen LogP contribution >= 0.6 is 0 Å². The summed E-state index contributed by atoms with van der Waals surface area (Å²) < 4.78 is 4.52. The van der Waals surface area contributed by atoms with Crippen LogP contribution in [0.1, 0.15) is 11.1 Å². The standard InChI is InChI=1S/C16H14N2O3/c1-21-16(20)18-15-8-4-13(5-9-15)10-12-2-6-14(7-3-12)17-11-19/h2-9H,10H2,1H3,(H,18,20). The lowest BCUT2D eigenvalue weighted by Crippen LogP contribution is -2.10. The molecule has 0 saturated heterocycles. The van der Waals surface area contributed by atoms with Crippen LogP contribution < -0.4 is 5.32 Å². The van der Waals surface area contributed by atoms with Crippen LogP contribution in [0.25, 0.3) is 0 Å². The highest BCUT2D eigenvalue weighted by atomic mass is 16.5. The number of nitrogens with one attached hydrogen (secondary N) is 1. The summed E-state index contributed by atoms with van der Waals surface area (Å²) in [6.07, 6.45) is 1.77. The Labute approximate surface area is 122 Å². The van der Waals surface area contributed by atoms with E-state index in [1.807, 2.05) is 36.4 Å². The monoisotopic (exact) mass is 282 g/mol. The van der Waals surface area contributed by atoms with Crippen molar-refractivity contribution in [3.05, 3.63) is 59.7 Å². The zero-order chi connectivity index (χ0) is 15.1. The molecular weight excluding hydrogens is 268 g/mol. The van der Waals surface area contributed by atoms with E-state index in [2.05, 4.69) is 15.0 Å². The molecule has 0 aliphatic carbocycles. The summed E-state index contributed by atoms with van der Waals surface area (Å²) in [5.74, 6) is 0. The molecule has 106 valence electrons. The molecule has 0 atom stereocenters. The Balaban J connectivity index is 2.02. The van der Waals surface area contributed by atoms with Gasteiger partial charge < -0.3 is 4.74 Å². The van der Waals surface area contributed by atoms with Crippen LogP contribution in [0.3, 0.4) is 0 Å². The smallest absolute Gasteiger partial charge is 0.411 e. The molecule has 2 aromatic carbocycles. The minimum atomic E-state index is -0.492. The van der Waals surface area contributed by atoms with E-state index in [9.17, 15) is 9.59 Å². The molecule has 1 amide bonds. The lowest BCUT2D eigenvalue weighted by molar-refractivity contribution is 0.187. The van der Waals surface area contributed by atoms with Crippen molar-refractivity contribution in [3.63, 3.8) is 0 Å². The molecule has 5 nitrogen and oxygen atoms in total. The average molecular weight is 282 g/mol. The van der Waals surface area contributed by atoms with Gasteiger partial charge in [0.2, 0.25) is 6.08 Å². The van der Waals surface area contributed by atoms with E-state index in [-0.39, 0.29) is 0 Å². The van der Waals surface area contributed by atoms with Crippen LogP contribution in [0.5, 0.6) is 0 Å². The average Bonchev–Trinajstić information content (AvgIpc) is 2.51. The van der Waals surface area contributed by atoms with Gasteiger partial charge in [0.1, 0.15) is 0 Å². The third-order valence-electron chi connectivity index (χ3n) is 2.91. The molecule has 0 saturated carbocycles. The van der Waals surface area contributed by atoms with Gasteiger partial charge in [0, 0.05) is 5.69 Å². The third-order valence-corrected chi connectivity index (χ3v) is 2.91. The molecular formula is C16H14N2O3. The number of carbonyl (C=O) groups is 1. The molecule has 0 spiro atoms. The second kappa shape index (κ2) is 7.03. The predicted molar refractivity (Wildman–Crippen MR) is 79.5 cm³/mol. The van der Waals surface area contributed by atoms with Gasteiger partial charge in [-0.25, -0.2) is 9.59 Å². The molecule has 0 bridgehead atoms. The van der Waals surface area contributed by atoms with Gasteiger partial charge in [-0.2, -0.15) is 4.99 Å². The highest BCUT2D eigenvalue weighted by Crippen LogP contribution is 2.17. The van der Waals surface area contributed by atoms with Crippen molar-refractivity contribution in [2.45, 2.75) is 6.42 Å². The summed E-state index contributed by atoms with van der Waals surface area (Å²) in [5.41, 5.74) is 3.48. The van der Waals surface area contributed by atoms with Gasteiger partial charge in [-0.15, -0.1) is 0 Å². The molecule has 0 fully saturated rings. The molecule has 0 radical (unpaired) electrons. The number of aliphatic imine (C=N–C) groups is 1. The minimum Gasteiger partial charge on any atom is -0.453 e. The van der Waals surface area contributed by atoms with Gasteiger partial charge in [0.25, 0.3) is 0 Å². The van der Waals surface area contributed by atoms with Gasteiger partial charge >= 0.3 is 6.09 Å². The second-order valence-corrected chi connectivity index (χ2v) is 4.36. The number of benzene rings is 2. The molecule has 1 N–H and O–H groups in total. The number of isocyanates is 1. The van der Waals surface area contributed by atoms with E-state index in [1.165, 1.54) is 13.2 Å². The second-order valence-electron chi connectivity index (χ2n) is 4.36. The molecule has 0 aliphatic rings. The Kier molecular flexibility index (Phi) is 4.85. The molecule has 5 heteroatoms. The van der Waals surface area contributed by atoms with E-state index in [0.717, 1.165) is 17.5 Å². The maximum Gasteiger partial charge on any atom is 0.411 e. The van der Waals surface area contributed by atoms with Crippen LogP contribution in [0.15, 0.2) is 53.5 Å². The minimum absolute atomic E-state index is 0.492.